The van der Waals surface area contributed by atoms with Crippen LogP contribution in [-0.2, 0) is 9.59 Å². The van der Waals surface area contributed by atoms with Crippen LogP contribution in [0.15, 0.2) is 11.6 Å². The van der Waals surface area contributed by atoms with Crippen LogP contribution in [0.1, 0.15) is 65.7 Å². The molecular formula is C21H30O3. The molecule has 0 aromatic carbocycles. The summed E-state index contributed by atoms with van der Waals surface area (Å²) in [6, 6.07) is 0. The maximum atomic E-state index is 12.4. The fourth-order valence-corrected chi connectivity index (χ4v) is 7.13. The number of carbonyl (C=O) groups excluding carboxylic acids is 2. The molecule has 4 aliphatic rings. The second-order valence-corrected chi connectivity index (χ2v) is 9.48. The number of ketones is 1. The predicted molar refractivity (Wildman–Crippen MR) is 92.3 cm³/mol. The minimum atomic E-state index is -0.588. The van der Waals surface area contributed by atoms with Gasteiger partial charge < -0.3 is 9.90 Å². The third-order valence-corrected chi connectivity index (χ3v) is 8.74. The first-order valence-electron chi connectivity index (χ1n) is 9.66. The minimum Gasteiger partial charge on any atom is -0.390 e. The van der Waals surface area contributed by atoms with Gasteiger partial charge in [0.1, 0.15) is 12.1 Å². The minimum absolute atomic E-state index is 0.0304. The Balaban J connectivity index is 1.77. The van der Waals surface area contributed by atoms with E-state index < -0.39 is 11.0 Å². The van der Waals surface area contributed by atoms with Crippen molar-refractivity contribution in [1.82, 2.24) is 0 Å². The monoisotopic (exact) mass is 330 g/mol. The first kappa shape index (κ1) is 16.5. The SMILES string of the molecule is C[C@H]1CC(=O)CC2=CC[C@@H]3[C@H](CC[C@@]4(C)[C@H]3CC[C@]4(C)O)[C@]21C=O. The maximum absolute atomic E-state index is 12.4. The van der Waals surface area contributed by atoms with Crippen molar-refractivity contribution in [3.8, 4) is 0 Å². The summed E-state index contributed by atoms with van der Waals surface area (Å²) < 4.78 is 0. The molecule has 0 saturated heterocycles. The molecule has 0 amide bonds. The third kappa shape index (κ3) is 1.83. The van der Waals surface area contributed by atoms with Crippen molar-refractivity contribution in [2.75, 3.05) is 0 Å². The molecule has 24 heavy (non-hydrogen) atoms. The average molecular weight is 330 g/mol. The maximum Gasteiger partial charge on any atom is 0.137 e. The van der Waals surface area contributed by atoms with Gasteiger partial charge in [0.05, 0.1) is 11.0 Å². The molecule has 0 heterocycles. The van der Waals surface area contributed by atoms with Gasteiger partial charge in [-0.1, -0.05) is 25.5 Å². The Morgan fingerprint density at radius 2 is 1.92 bits per heavy atom. The zero-order valence-electron chi connectivity index (χ0n) is 15.2. The molecule has 0 radical (unpaired) electrons. The van der Waals surface area contributed by atoms with E-state index in [0.717, 1.165) is 37.7 Å². The van der Waals surface area contributed by atoms with E-state index in [1.54, 1.807) is 0 Å². The van der Waals surface area contributed by atoms with E-state index in [4.69, 9.17) is 0 Å². The molecule has 4 aliphatic carbocycles. The summed E-state index contributed by atoms with van der Waals surface area (Å²) >= 11 is 0. The number of rotatable bonds is 1. The van der Waals surface area contributed by atoms with Crippen LogP contribution in [-0.4, -0.2) is 22.8 Å². The van der Waals surface area contributed by atoms with Crippen LogP contribution in [0.2, 0.25) is 0 Å². The number of aldehydes is 1. The van der Waals surface area contributed by atoms with Crippen LogP contribution < -0.4 is 0 Å². The van der Waals surface area contributed by atoms with Gasteiger partial charge in [0, 0.05) is 12.8 Å². The second kappa shape index (κ2) is 5.03. The summed E-state index contributed by atoms with van der Waals surface area (Å²) in [7, 11) is 0. The molecule has 3 fully saturated rings. The van der Waals surface area contributed by atoms with Crippen LogP contribution in [0.3, 0.4) is 0 Å². The summed E-state index contributed by atoms with van der Waals surface area (Å²) in [5.74, 6) is 1.72. The molecule has 0 aliphatic heterocycles. The molecule has 0 bridgehead atoms. The molecule has 7 atom stereocenters. The van der Waals surface area contributed by atoms with Crippen molar-refractivity contribution in [3.63, 3.8) is 0 Å². The summed E-state index contributed by atoms with van der Waals surface area (Å²) in [6.45, 7) is 6.37. The van der Waals surface area contributed by atoms with Gasteiger partial charge in [-0.05, 0) is 68.1 Å². The molecule has 3 nitrogen and oxygen atoms in total. The van der Waals surface area contributed by atoms with E-state index in [-0.39, 0.29) is 17.1 Å². The van der Waals surface area contributed by atoms with Gasteiger partial charge in [0.25, 0.3) is 0 Å². The highest BCUT2D eigenvalue weighted by atomic mass is 16.3. The van der Waals surface area contributed by atoms with E-state index >= 15 is 0 Å². The van der Waals surface area contributed by atoms with E-state index in [2.05, 4.69) is 19.9 Å². The zero-order chi connectivity index (χ0) is 17.3. The Kier molecular flexibility index (Phi) is 3.46. The van der Waals surface area contributed by atoms with Crippen molar-refractivity contribution >= 4 is 12.1 Å². The number of hydrogen-bond donors (Lipinski definition) is 1. The molecule has 3 saturated carbocycles. The van der Waals surface area contributed by atoms with Crippen molar-refractivity contribution in [1.29, 1.82) is 0 Å². The lowest BCUT2D eigenvalue weighted by Gasteiger charge is -2.59. The molecule has 132 valence electrons. The molecule has 1 N–H and O–H groups in total. The van der Waals surface area contributed by atoms with Crippen LogP contribution in [0, 0.1) is 34.5 Å². The summed E-state index contributed by atoms with van der Waals surface area (Å²) in [5, 5.41) is 11.0. The number of aliphatic hydroxyl groups is 1. The van der Waals surface area contributed by atoms with Crippen LogP contribution >= 0.6 is 0 Å². The Hall–Kier alpha value is -0.960. The fraction of sp³-hybridized carbons (Fsp3) is 0.810. The quantitative estimate of drug-likeness (QED) is 0.589. The zero-order valence-corrected chi connectivity index (χ0v) is 15.2. The van der Waals surface area contributed by atoms with Gasteiger partial charge in [-0.2, -0.15) is 0 Å². The topological polar surface area (TPSA) is 54.4 Å². The highest BCUT2D eigenvalue weighted by molar-refractivity contribution is 5.86. The molecule has 4 rings (SSSR count). The Labute approximate surface area is 144 Å². The summed E-state index contributed by atoms with van der Waals surface area (Å²) in [4.78, 5) is 24.5. The van der Waals surface area contributed by atoms with Crippen LogP contribution in [0.4, 0.5) is 0 Å². The second-order valence-electron chi connectivity index (χ2n) is 9.48. The molecule has 3 heteroatoms. The molecule has 0 aromatic heterocycles. The highest BCUT2D eigenvalue weighted by Crippen LogP contribution is 2.67. The Bertz CT molecular complexity index is 619. The molecule has 0 unspecified atom stereocenters. The van der Waals surface area contributed by atoms with Crippen LogP contribution in [0.5, 0.6) is 0 Å². The van der Waals surface area contributed by atoms with E-state index in [0.29, 0.717) is 30.6 Å². The lowest BCUT2D eigenvalue weighted by Crippen LogP contribution is -2.56. The standard InChI is InChI=1S/C21H30O3/c1-13-10-15(23)11-14-4-5-16-17-7-9-20(3,24)19(17,2)8-6-18(16)21(13,14)12-22/h4,12-13,16-18,24H,5-11H2,1-3H3/t13-,16-,17-,18-,19-,20-,21-/m0/s1. The highest BCUT2D eigenvalue weighted by Gasteiger charge is 2.64. The Morgan fingerprint density at radius 3 is 2.62 bits per heavy atom. The number of Topliss-reactive ketones (excluding diaryl/α,β-unsaturated/α-hetero) is 1. The van der Waals surface area contributed by atoms with Crippen molar-refractivity contribution in [2.24, 2.45) is 34.5 Å². The van der Waals surface area contributed by atoms with Gasteiger partial charge in [-0.25, -0.2) is 0 Å². The van der Waals surface area contributed by atoms with E-state index in [1.807, 2.05) is 6.92 Å². The predicted octanol–water partition coefficient (Wildman–Crippen LogP) is 3.69. The first-order valence-corrected chi connectivity index (χ1v) is 9.66. The molecule has 0 aromatic rings. The average Bonchev–Trinajstić information content (AvgIpc) is 2.77. The fourth-order valence-electron chi connectivity index (χ4n) is 7.13. The smallest absolute Gasteiger partial charge is 0.137 e. The number of carbonyl (C=O) groups is 2. The first-order chi connectivity index (χ1) is 11.3. The van der Waals surface area contributed by atoms with Crippen LogP contribution in [0.25, 0.3) is 0 Å². The lowest BCUT2D eigenvalue weighted by molar-refractivity contribution is -0.142. The van der Waals surface area contributed by atoms with Crippen molar-refractivity contribution in [3.05, 3.63) is 11.6 Å². The lowest BCUT2D eigenvalue weighted by atomic mass is 9.45. The van der Waals surface area contributed by atoms with Gasteiger partial charge in [0.15, 0.2) is 0 Å². The normalized spacial score (nSPS) is 53.7. The third-order valence-electron chi connectivity index (χ3n) is 8.74. The van der Waals surface area contributed by atoms with E-state index in [9.17, 15) is 14.7 Å². The van der Waals surface area contributed by atoms with Gasteiger partial charge in [-0.15, -0.1) is 0 Å². The largest absolute Gasteiger partial charge is 0.390 e. The Morgan fingerprint density at radius 1 is 1.21 bits per heavy atom. The van der Waals surface area contributed by atoms with Gasteiger partial charge in [-0.3, -0.25) is 4.79 Å². The number of fused-ring (bicyclic) bond motifs is 5. The number of allylic oxidation sites excluding steroid dienone is 2. The van der Waals surface area contributed by atoms with E-state index in [1.165, 1.54) is 6.29 Å². The van der Waals surface area contributed by atoms with Gasteiger partial charge >= 0.3 is 0 Å². The summed E-state index contributed by atoms with van der Waals surface area (Å²) in [5.41, 5.74) is 0.0646. The number of hydrogen-bond acceptors (Lipinski definition) is 3. The van der Waals surface area contributed by atoms with Crippen molar-refractivity contribution in [2.45, 2.75) is 71.3 Å². The molecular weight excluding hydrogens is 300 g/mol. The van der Waals surface area contributed by atoms with Crippen molar-refractivity contribution < 1.29 is 14.7 Å². The van der Waals surface area contributed by atoms with Gasteiger partial charge in [0.2, 0.25) is 0 Å². The molecule has 0 spiro atoms. The summed E-state index contributed by atoms with van der Waals surface area (Å²) in [6.07, 6.45) is 9.35.